The van der Waals surface area contributed by atoms with Crippen LogP contribution in [-0.2, 0) is 10.0 Å². The van der Waals surface area contributed by atoms with Crippen LogP contribution in [0.1, 0.15) is 24.1 Å². The maximum atomic E-state index is 12.2. The molecule has 1 aliphatic carbocycles. The second-order valence-corrected chi connectivity index (χ2v) is 7.88. The number of hydrogen-bond acceptors (Lipinski definition) is 5. The van der Waals surface area contributed by atoms with Crippen LogP contribution < -0.4 is 10.5 Å². The Balaban J connectivity index is 2.16. The monoisotopic (exact) mass is 303 g/mol. The minimum atomic E-state index is -3.52. The average molecular weight is 303 g/mol. The Bertz CT molecular complexity index is 580. The van der Waals surface area contributed by atoms with Gasteiger partial charge in [0.2, 0.25) is 10.0 Å². The Morgan fingerprint density at radius 3 is 2.84 bits per heavy atom. The van der Waals surface area contributed by atoms with Gasteiger partial charge in [0.05, 0.1) is 0 Å². The standard InChI is InChI=1S/C11H17N3O3S2/c1-7-5-6-10(18-7)19(16,17)14-9-4-2-3-8(9)11(12)13-15/h5-6,8-9,14-15H,2-4H2,1H3,(H2,12,13). The van der Waals surface area contributed by atoms with Crippen molar-refractivity contribution in [3.05, 3.63) is 17.0 Å². The molecule has 1 fully saturated rings. The number of hydrogen-bond donors (Lipinski definition) is 3. The van der Waals surface area contributed by atoms with Gasteiger partial charge in [-0.15, -0.1) is 11.3 Å². The van der Waals surface area contributed by atoms with E-state index in [-0.39, 0.29) is 17.8 Å². The third-order valence-electron chi connectivity index (χ3n) is 3.30. The van der Waals surface area contributed by atoms with E-state index >= 15 is 0 Å². The van der Waals surface area contributed by atoms with Crippen molar-refractivity contribution >= 4 is 27.2 Å². The fraction of sp³-hybridized carbons (Fsp3) is 0.545. The Morgan fingerprint density at radius 1 is 1.53 bits per heavy atom. The molecule has 2 rings (SSSR count). The van der Waals surface area contributed by atoms with Crippen LogP contribution >= 0.6 is 11.3 Å². The Hall–Kier alpha value is -1.12. The molecule has 1 aromatic heterocycles. The molecule has 4 N–H and O–H groups in total. The lowest BCUT2D eigenvalue weighted by Gasteiger charge is -2.19. The van der Waals surface area contributed by atoms with Gasteiger partial charge in [-0.25, -0.2) is 13.1 Å². The smallest absolute Gasteiger partial charge is 0.250 e. The summed E-state index contributed by atoms with van der Waals surface area (Å²) in [5.41, 5.74) is 5.60. The molecule has 1 aliphatic rings. The van der Waals surface area contributed by atoms with Gasteiger partial charge in [0.25, 0.3) is 0 Å². The van der Waals surface area contributed by atoms with Gasteiger partial charge >= 0.3 is 0 Å². The first-order valence-corrected chi connectivity index (χ1v) is 8.30. The molecule has 0 amide bonds. The molecule has 106 valence electrons. The summed E-state index contributed by atoms with van der Waals surface area (Å²) in [6.45, 7) is 1.86. The van der Waals surface area contributed by atoms with Gasteiger partial charge in [-0.1, -0.05) is 11.6 Å². The number of thiophene rings is 1. The van der Waals surface area contributed by atoms with E-state index in [9.17, 15) is 8.42 Å². The molecule has 2 atom stereocenters. The molecule has 0 aromatic carbocycles. The zero-order valence-electron chi connectivity index (χ0n) is 10.5. The van der Waals surface area contributed by atoms with Gasteiger partial charge in [0, 0.05) is 16.8 Å². The van der Waals surface area contributed by atoms with E-state index < -0.39 is 10.0 Å². The van der Waals surface area contributed by atoms with Crippen molar-refractivity contribution in [1.82, 2.24) is 4.72 Å². The van der Waals surface area contributed by atoms with Gasteiger partial charge in [-0.2, -0.15) is 0 Å². The van der Waals surface area contributed by atoms with Crippen LogP contribution in [0.5, 0.6) is 0 Å². The molecule has 0 radical (unpaired) electrons. The van der Waals surface area contributed by atoms with E-state index in [1.807, 2.05) is 6.92 Å². The fourth-order valence-corrected chi connectivity index (χ4v) is 4.95. The molecule has 6 nitrogen and oxygen atoms in total. The lowest BCUT2D eigenvalue weighted by molar-refractivity contribution is 0.312. The third kappa shape index (κ3) is 3.07. The fourth-order valence-electron chi connectivity index (χ4n) is 2.34. The summed E-state index contributed by atoms with van der Waals surface area (Å²) >= 11 is 1.23. The average Bonchev–Trinajstić information content (AvgIpc) is 2.97. The van der Waals surface area contributed by atoms with Gasteiger partial charge in [0.1, 0.15) is 10.0 Å². The predicted octanol–water partition coefficient (Wildman–Crippen LogP) is 1.25. The summed E-state index contributed by atoms with van der Waals surface area (Å²) in [7, 11) is -3.52. The molecule has 1 aromatic rings. The van der Waals surface area contributed by atoms with E-state index in [0.29, 0.717) is 10.6 Å². The lowest BCUT2D eigenvalue weighted by Crippen LogP contribution is -2.42. The minimum Gasteiger partial charge on any atom is -0.409 e. The highest BCUT2D eigenvalue weighted by Gasteiger charge is 2.34. The van der Waals surface area contributed by atoms with Crippen molar-refractivity contribution in [3.63, 3.8) is 0 Å². The number of nitrogens with zero attached hydrogens (tertiary/aromatic N) is 1. The van der Waals surface area contributed by atoms with Crippen LogP contribution in [0.3, 0.4) is 0 Å². The first-order chi connectivity index (χ1) is 8.94. The van der Waals surface area contributed by atoms with Crippen LogP contribution in [-0.4, -0.2) is 25.5 Å². The van der Waals surface area contributed by atoms with E-state index in [2.05, 4.69) is 9.88 Å². The predicted molar refractivity (Wildman–Crippen MR) is 73.9 cm³/mol. The van der Waals surface area contributed by atoms with Crippen molar-refractivity contribution < 1.29 is 13.6 Å². The van der Waals surface area contributed by atoms with Gasteiger partial charge < -0.3 is 10.9 Å². The van der Waals surface area contributed by atoms with Gasteiger partial charge in [-0.3, -0.25) is 0 Å². The number of amidine groups is 1. The van der Waals surface area contributed by atoms with Crippen molar-refractivity contribution in [2.24, 2.45) is 16.8 Å². The Labute approximate surface area is 116 Å². The summed E-state index contributed by atoms with van der Waals surface area (Å²) in [6.07, 6.45) is 2.29. The normalized spacial score (nSPS) is 24.8. The van der Waals surface area contributed by atoms with Crippen LogP contribution in [0.2, 0.25) is 0 Å². The molecule has 0 bridgehead atoms. The number of aryl methyl sites for hydroxylation is 1. The van der Waals surface area contributed by atoms with Crippen molar-refractivity contribution in [3.8, 4) is 0 Å². The first kappa shape index (κ1) is 14.3. The van der Waals surface area contributed by atoms with Crippen LogP contribution in [0.4, 0.5) is 0 Å². The highest BCUT2D eigenvalue weighted by molar-refractivity contribution is 7.91. The first-order valence-electron chi connectivity index (χ1n) is 6.00. The minimum absolute atomic E-state index is 0.0903. The number of rotatable bonds is 4. The second-order valence-electron chi connectivity index (χ2n) is 4.66. The van der Waals surface area contributed by atoms with Crippen LogP contribution in [0.25, 0.3) is 0 Å². The summed E-state index contributed by atoms with van der Waals surface area (Å²) < 4.78 is 27.4. The molecule has 19 heavy (non-hydrogen) atoms. The highest BCUT2D eigenvalue weighted by Crippen LogP contribution is 2.28. The molecule has 2 unspecified atom stereocenters. The molecular formula is C11H17N3O3S2. The molecule has 1 saturated carbocycles. The second kappa shape index (κ2) is 5.48. The number of nitrogens with one attached hydrogen (secondary N) is 1. The van der Waals surface area contributed by atoms with Crippen LogP contribution in [0.15, 0.2) is 21.5 Å². The van der Waals surface area contributed by atoms with E-state index in [1.54, 1.807) is 12.1 Å². The summed E-state index contributed by atoms with van der Waals surface area (Å²) in [4.78, 5) is 0.944. The lowest BCUT2D eigenvalue weighted by atomic mass is 10.0. The summed E-state index contributed by atoms with van der Waals surface area (Å²) in [6, 6.07) is 3.06. The highest BCUT2D eigenvalue weighted by atomic mass is 32.2. The number of nitrogens with two attached hydrogens (primary N) is 1. The maximum Gasteiger partial charge on any atom is 0.250 e. The molecule has 1 heterocycles. The van der Waals surface area contributed by atoms with Gasteiger partial charge in [-0.05, 0) is 31.9 Å². The summed E-state index contributed by atoms with van der Waals surface area (Å²) in [5.74, 6) is -0.145. The van der Waals surface area contributed by atoms with E-state index in [4.69, 9.17) is 10.9 Å². The number of sulfonamides is 1. The van der Waals surface area contributed by atoms with E-state index in [1.165, 1.54) is 11.3 Å². The largest absolute Gasteiger partial charge is 0.409 e. The third-order valence-corrected chi connectivity index (χ3v) is 6.28. The zero-order valence-corrected chi connectivity index (χ0v) is 12.2. The van der Waals surface area contributed by atoms with Crippen molar-refractivity contribution in [2.45, 2.75) is 36.4 Å². The Kier molecular flexibility index (Phi) is 4.12. The van der Waals surface area contributed by atoms with E-state index in [0.717, 1.165) is 17.7 Å². The molecule has 8 heteroatoms. The molecular weight excluding hydrogens is 286 g/mol. The SMILES string of the molecule is Cc1ccc(S(=O)(=O)NC2CCCC2C(N)=NO)s1. The summed E-state index contributed by atoms with van der Waals surface area (Å²) in [5, 5.41) is 11.7. The van der Waals surface area contributed by atoms with Gasteiger partial charge in [0.15, 0.2) is 0 Å². The number of oxime groups is 1. The molecule has 0 spiro atoms. The zero-order chi connectivity index (χ0) is 14.0. The topological polar surface area (TPSA) is 105 Å². The molecule has 0 saturated heterocycles. The maximum absolute atomic E-state index is 12.2. The van der Waals surface area contributed by atoms with Crippen molar-refractivity contribution in [2.75, 3.05) is 0 Å². The Morgan fingerprint density at radius 2 is 2.26 bits per heavy atom. The van der Waals surface area contributed by atoms with Crippen molar-refractivity contribution in [1.29, 1.82) is 0 Å². The quantitative estimate of drug-likeness (QED) is 0.337. The molecule has 0 aliphatic heterocycles. The van der Waals surface area contributed by atoms with Crippen LogP contribution in [0, 0.1) is 12.8 Å².